The highest BCUT2D eigenvalue weighted by Crippen LogP contribution is 2.21. The lowest BCUT2D eigenvalue weighted by molar-refractivity contribution is -0.119. The summed E-state index contributed by atoms with van der Waals surface area (Å²) in [7, 11) is 0. The molecule has 0 atom stereocenters. The van der Waals surface area contributed by atoms with Crippen LogP contribution in [0, 0.1) is 0 Å². The predicted octanol–water partition coefficient (Wildman–Crippen LogP) is 3.70. The van der Waals surface area contributed by atoms with Gasteiger partial charge < -0.3 is 14.1 Å². The van der Waals surface area contributed by atoms with Gasteiger partial charge in [-0.25, -0.2) is 4.79 Å². The van der Waals surface area contributed by atoms with Crippen LogP contribution in [-0.4, -0.2) is 23.6 Å². The summed E-state index contributed by atoms with van der Waals surface area (Å²) in [4.78, 5) is 26.5. The highest BCUT2D eigenvalue weighted by molar-refractivity contribution is 6.31. The van der Waals surface area contributed by atoms with E-state index in [-0.39, 0.29) is 12.5 Å². The Hall–Kier alpha value is -2.73. The summed E-state index contributed by atoms with van der Waals surface area (Å²) in [6.45, 7) is 4.73. The van der Waals surface area contributed by atoms with Crippen LogP contribution < -0.4 is 15.4 Å². The molecule has 0 aliphatic heterocycles. The topological polar surface area (TPSA) is 64.7 Å². The van der Waals surface area contributed by atoms with Crippen LogP contribution in [0.1, 0.15) is 13.8 Å². The van der Waals surface area contributed by atoms with Gasteiger partial charge in [-0.15, -0.1) is 0 Å². The zero-order chi connectivity index (χ0) is 18.7. The van der Waals surface area contributed by atoms with Gasteiger partial charge >= 0.3 is 5.76 Å². The summed E-state index contributed by atoms with van der Waals surface area (Å²) in [5.74, 6) is -0.0524. The lowest BCUT2D eigenvalue weighted by atomic mass is 10.2. The maximum absolute atomic E-state index is 12.8. The van der Waals surface area contributed by atoms with Crippen LogP contribution in [0.3, 0.4) is 0 Å². The number of benzene rings is 2. The molecule has 1 aromatic heterocycles. The molecule has 1 heterocycles. The second-order valence-electron chi connectivity index (χ2n) is 5.63. The highest BCUT2D eigenvalue weighted by Gasteiger charge is 2.18. The number of hydrogen-bond acceptors (Lipinski definition) is 4. The molecule has 3 aromatic rings. The van der Waals surface area contributed by atoms with Gasteiger partial charge in [0.1, 0.15) is 12.3 Å². The summed E-state index contributed by atoms with van der Waals surface area (Å²) in [5, 5.41) is 0.467. The van der Waals surface area contributed by atoms with Crippen molar-refractivity contribution in [2.24, 2.45) is 0 Å². The van der Waals surface area contributed by atoms with Crippen LogP contribution in [0.2, 0.25) is 5.02 Å². The number of fused-ring (bicyclic) bond motifs is 1. The largest absolute Gasteiger partial charge is 0.494 e. The maximum Gasteiger partial charge on any atom is 0.420 e. The van der Waals surface area contributed by atoms with E-state index in [0.717, 1.165) is 11.4 Å². The number of ether oxygens (including phenoxy) is 1. The van der Waals surface area contributed by atoms with E-state index in [1.54, 1.807) is 23.1 Å². The third-order valence-corrected chi connectivity index (χ3v) is 4.24. The van der Waals surface area contributed by atoms with Crippen molar-refractivity contribution in [3.05, 3.63) is 58.0 Å². The molecule has 0 unspecified atom stereocenters. The van der Waals surface area contributed by atoms with Crippen molar-refractivity contribution >= 4 is 34.3 Å². The molecule has 0 aliphatic rings. The number of amides is 1. The molecule has 0 saturated heterocycles. The minimum atomic E-state index is -0.585. The fourth-order valence-corrected chi connectivity index (χ4v) is 2.96. The zero-order valence-corrected chi connectivity index (χ0v) is 15.3. The number of anilines is 1. The number of hydrogen-bond donors (Lipinski definition) is 0. The van der Waals surface area contributed by atoms with Crippen molar-refractivity contribution in [2.75, 3.05) is 18.1 Å². The van der Waals surface area contributed by atoms with E-state index in [9.17, 15) is 9.59 Å². The predicted molar refractivity (Wildman–Crippen MR) is 101 cm³/mol. The van der Waals surface area contributed by atoms with Crippen LogP contribution in [0.5, 0.6) is 5.75 Å². The second kappa shape index (κ2) is 7.66. The summed E-state index contributed by atoms with van der Waals surface area (Å²) in [6.07, 6.45) is 0. The van der Waals surface area contributed by atoms with Crippen LogP contribution in [0.4, 0.5) is 5.69 Å². The van der Waals surface area contributed by atoms with Gasteiger partial charge in [0, 0.05) is 23.3 Å². The van der Waals surface area contributed by atoms with E-state index in [1.165, 1.54) is 4.57 Å². The quantitative estimate of drug-likeness (QED) is 0.660. The van der Waals surface area contributed by atoms with Crippen molar-refractivity contribution < 1.29 is 13.9 Å². The Morgan fingerprint density at radius 2 is 1.92 bits per heavy atom. The van der Waals surface area contributed by atoms with Crippen LogP contribution in [-0.2, 0) is 11.3 Å². The molecule has 1 amide bonds. The first kappa shape index (κ1) is 18.1. The third-order valence-electron chi connectivity index (χ3n) is 4.00. The zero-order valence-electron chi connectivity index (χ0n) is 14.6. The van der Waals surface area contributed by atoms with Gasteiger partial charge in [0.25, 0.3) is 0 Å². The molecular weight excluding hydrogens is 356 g/mol. The normalized spacial score (nSPS) is 10.9. The first-order valence-electron chi connectivity index (χ1n) is 8.35. The molecule has 0 N–H and O–H groups in total. The minimum Gasteiger partial charge on any atom is -0.494 e. The van der Waals surface area contributed by atoms with E-state index in [1.807, 2.05) is 38.1 Å². The third kappa shape index (κ3) is 3.60. The Labute approximate surface area is 155 Å². The van der Waals surface area contributed by atoms with Crippen molar-refractivity contribution in [1.29, 1.82) is 0 Å². The maximum atomic E-state index is 12.8. The monoisotopic (exact) mass is 374 g/mol. The van der Waals surface area contributed by atoms with E-state index in [2.05, 4.69) is 0 Å². The standard InChI is InChI=1S/C19H19ClN2O4/c1-3-21(14-6-8-15(9-7-14)25-4-2)18(23)12-22-16-10-5-13(20)11-17(16)26-19(22)24/h5-11H,3-4,12H2,1-2H3. The smallest absolute Gasteiger partial charge is 0.420 e. The van der Waals surface area contributed by atoms with Crippen LogP contribution in [0.15, 0.2) is 51.7 Å². The summed E-state index contributed by atoms with van der Waals surface area (Å²) < 4.78 is 11.9. The van der Waals surface area contributed by atoms with Crippen molar-refractivity contribution in [3.8, 4) is 5.75 Å². The number of aromatic nitrogens is 1. The Kier molecular flexibility index (Phi) is 5.32. The van der Waals surface area contributed by atoms with Gasteiger partial charge in [-0.1, -0.05) is 11.6 Å². The molecular formula is C19H19ClN2O4. The number of carbonyl (C=O) groups is 1. The molecule has 0 bridgehead atoms. The molecule has 3 rings (SSSR count). The fourth-order valence-electron chi connectivity index (χ4n) is 2.80. The molecule has 0 aliphatic carbocycles. The number of rotatable bonds is 6. The molecule has 0 saturated carbocycles. The van der Waals surface area contributed by atoms with Gasteiger partial charge in [0.2, 0.25) is 5.91 Å². The average Bonchev–Trinajstić information content (AvgIpc) is 2.92. The molecule has 7 heteroatoms. The Morgan fingerprint density at radius 1 is 1.19 bits per heavy atom. The van der Waals surface area contributed by atoms with E-state index in [0.29, 0.717) is 29.3 Å². The van der Waals surface area contributed by atoms with Crippen LogP contribution >= 0.6 is 11.6 Å². The molecule has 136 valence electrons. The molecule has 26 heavy (non-hydrogen) atoms. The van der Waals surface area contributed by atoms with Gasteiger partial charge in [-0.05, 0) is 50.2 Å². The van der Waals surface area contributed by atoms with Crippen LogP contribution in [0.25, 0.3) is 11.1 Å². The molecule has 0 radical (unpaired) electrons. The summed E-state index contributed by atoms with van der Waals surface area (Å²) >= 11 is 5.92. The molecule has 0 spiro atoms. The Balaban J connectivity index is 1.86. The minimum absolute atomic E-state index is 0.117. The fraction of sp³-hybridized carbons (Fsp3) is 0.263. The summed E-state index contributed by atoms with van der Waals surface area (Å²) in [5.41, 5.74) is 1.64. The first-order chi connectivity index (χ1) is 12.5. The van der Waals surface area contributed by atoms with Gasteiger partial charge in [-0.3, -0.25) is 9.36 Å². The Morgan fingerprint density at radius 3 is 2.58 bits per heavy atom. The van der Waals surface area contributed by atoms with Gasteiger partial charge in [0.05, 0.1) is 12.1 Å². The lowest BCUT2D eigenvalue weighted by Crippen LogP contribution is -2.35. The Bertz CT molecular complexity index is 975. The van der Waals surface area contributed by atoms with E-state index >= 15 is 0 Å². The highest BCUT2D eigenvalue weighted by atomic mass is 35.5. The van der Waals surface area contributed by atoms with E-state index < -0.39 is 5.76 Å². The summed E-state index contributed by atoms with van der Waals surface area (Å²) in [6, 6.07) is 12.2. The van der Waals surface area contributed by atoms with Gasteiger partial charge in [0.15, 0.2) is 5.58 Å². The van der Waals surface area contributed by atoms with Crippen molar-refractivity contribution in [1.82, 2.24) is 4.57 Å². The van der Waals surface area contributed by atoms with E-state index in [4.69, 9.17) is 20.8 Å². The number of oxazole rings is 1. The number of halogens is 1. The average molecular weight is 375 g/mol. The lowest BCUT2D eigenvalue weighted by Gasteiger charge is -2.21. The number of likely N-dealkylation sites (N-methyl/N-ethyl adjacent to an activating group) is 1. The molecule has 2 aromatic carbocycles. The molecule has 0 fully saturated rings. The molecule has 6 nitrogen and oxygen atoms in total. The second-order valence-corrected chi connectivity index (χ2v) is 6.07. The van der Waals surface area contributed by atoms with Crippen molar-refractivity contribution in [2.45, 2.75) is 20.4 Å². The number of carbonyl (C=O) groups excluding carboxylic acids is 1. The SMILES string of the molecule is CCOc1ccc(N(CC)C(=O)Cn2c(=O)oc3cc(Cl)ccc32)cc1. The first-order valence-corrected chi connectivity index (χ1v) is 8.73. The van der Waals surface area contributed by atoms with Gasteiger partial charge in [-0.2, -0.15) is 0 Å². The van der Waals surface area contributed by atoms with Crippen molar-refractivity contribution in [3.63, 3.8) is 0 Å². The number of nitrogens with zero attached hydrogens (tertiary/aromatic N) is 2.